The van der Waals surface area contributed by atoms with E-state index in [-0.39, 0.29) is 4.90 Å². The molecule has 0 fully saturated rings. The second-order valence-corrected chi connectivity index (χ2v) is 6.41. The Morgan fingerprint density at radius 1 is 1.29 bits per heavy atom. The van der Waals surface area contributed by atoms with Gasteiger partial charge in [0.1, 0.15) is 12.2 Å². The van der Waals surface area contributed by atoms with Crippen LogP contribution in [0.1, 0.15) is 25.7 Å². The summed E-state index contributed by atoms with van der Waals surface area (Å²) in [5.41, 5.74) is 0.887. The minimum absolute atomic E-state index is 0.221. The van der Waals surface area contributed by atoms with E-state index in [0.717, 1.165) is 12.2 Å². The van der Waals surface area contributed by atoms with E-state index >= 15 is 0 Å². The van der Waals surface area contributed by atoms with E-state index in [1.807, 2.05) is 6.92 Å². The van der Waals surface area contributed by atoms with E-state index in [2.05, 4.69) is 20.2 Å². The molecule has 1 heterocycles. The molecule has 0 aliphatic carbocycles. The topological polar surface area (TPSA) is 88.9 Å². The quantitative estimate of drug-likeness (QED) is 0.839. The van der Waals surface area contributed by atoms with Crippen molar-refractivity contribution < 1.29 is 8.42 Å². The highest BCUT2D eigenvalue weighted by atomic mass is 32.2. The third kappa shape index (κ3) is 3.59. The van der Waals surface area contributed by atoms with E-state index < -0.39 is 16.1 Å². The zero-order valence-corrected chi connectivity index (χ0v) is 13.1. The largest absolute Gasteiger partial charge is 0.385 e. The molecule has 1 atom stereocenters. The van der Waals surface area contributed by atoms with Gasteiger partial charge in [-0.1, -0.05) is 0 Å². The first kappa shape index (κ1) is 15.5. The van der Waals surface area contributed by atoms with Crippen LogP contribution in [0.25, 0.3) is 0 Å². The Morgan fingerprint density at radius 2 is 1.95 bits per heavy atom. The highest BCUT2D eigenvalue weighted by Gasteiger charge is 2.20. The van der Waals surface area contributed by atoms with Crippen molar-refractivity contribution in [2.24, 2.45) is 7.05 Å². The number of nitrogens with one attached hydrogen (secondary N) is 2. The van der Waals surface area contributed by atoms with Crippen LogP contribution in [0.2, 0.25) is 0 Å². The molecule has 1 unspecified atom stereocenters. The molecule has 7 nitrogen and oxygen atoms in total. The van der Waals surface area contributed by atoms with Crippen molar-refractivity contribution >= 4 is 15.7 Å². The molecule has 21 heavy (non-hydrogen) atoms. The van der Waals surface area contributed by atoms with Crippen LogP contribution in [0.4, 0.5) is 5.69 Å². The molecule has 0 saturated carbocycles. The molecular weight excluding hydrogens is 290 g/mol. The first-order valence-corrected chi connectivity index (χ1v) is 8.12. The Morgan fingerprint density at radius 3 is 2.48 bits per heavy atom. The molecule has 1 aromatic heterocycles. The van der Waals surface area contributed by atoms with Crippen LogP contribution in [0, 0.1) is 0 Å². The molecule has 0 spiro atoms. The van der Waals surface area contributed by atoms with Crippen LogP contribution in [-0.4, -0.2) is 29.7 Å². The average Bonchev–Trinajstić information content (AvgIpc) is 2.85. The highest BCUT2D eigenvalue weighted by Crippen LogP contribution is 2.17. The Balaban J connectivity index is 2.16. The van der Waals surface area contributed by atoms with Crippen molar-refractivity contribution in [1.82, 2.24) is 19.5 Å². The number of anilines is 1. The van der Waals surface area contributed by atoms with Crippen LogP contribution < -0.4 is 10.0 Å². The monoisotopic (exact) mass is 309 g/mol. The number of aromatic nitrogens is 3. The minimum atomic E-state index is -3.59. The van der Waals surface area contributed by atoms with Gasteiger partial charge in [0.2, 0.25) is 10.0 Å². The second kappa shape index (κ2) is 6.23. The third-order valence-corrected chi connectivity index (χ3v) is 4.57. The summed E-state index contributed by atoms with van der Waals surface area (Å²) in [6.45, 7) is 4.50. The van der Waals surface area contributed by atoms with Gasteiger partial charge in [-0.05, 0) is 38.1 Å². The fourth-order valence-electron chi connectivity index (χ4n) is 1.99. The summed E-state index contributed by atoms with van der Waals surface area (Å²) in [6, 6.07) is 6.17. The van der Waals surface area contributed by atoms with E-state index in [1.165, 1.54) is 6.33 Å². The van der Waals surface area contributed by atoms with Crippen molar-refractivity contribution in [2.45, 2.75) is 24.8 Å². The van der Waals surface area contributed by atoms with E-state index in [4.69, 9.17) is 0 Å². The predicted molar refractivity (Wildman–Crippen MR) is 80.3 cm³/mol. The van der Waals surface area contributed by atoms with Crippen LogP contribution in [0.3, 0.4) is 0 Å². The summed E-state index contributed by atoms with van der Waals surface area (Å²) in [7, 11) is -1.82. The lowest BCUT2D eigenvalue weighted by molar-refractivity contribution is 0.553. The molecule has 0 aliphatic rings. The van der Waals surface area contributed by atoms with E-state index in [0.29, 0.717) is 5.82 Å². The maximum absolute atomic E-state index is 12.3. The summed E-state index contributed by atoms with van der Waals surface area (Å²) in [5.74, 6) is 0.558. The maximum atomic E-state index is 12.3. The standard InChI is InChI=1S/C13H19N5O2S/c1-4-14-11-5-7-12(8-6-11)21(19,20)17-10(2)13-16-15-9-18(13)3/h5-10,14,17H,4H2,1-3H3. The number of nitrogens with zero attached hydrogens (tertiary/aromatic N) is 3. The Hall–Kier alpha value is -1.93. The zero-order chi connectivity index (χ0) is 15.5. The summed E-state index contributed by atoms with van der Waals surface area (Å²) in [6.07, 6.45) is 1.53. The fraction of sp³-hybridized carbons (Fsp3) is 0.385. The van der Waals surface area contributed by atoms with Crippen molar-refractivity contribution in [2.75, 3.05) is 11.9 Å². The summed E-state index contributed by atoms with van der Waals surface area (Å²) >= 11 is 0. The van der Waals surface area contributed by atoms with Crippen molar-refractivity contribution in [1.29, 1.82) is 0 Å². The van der Waals surface area contributed by atoms with Gasteiger partial charge >= 0.3 is 0 Å². The SMILES string of the molecule is CCNc1ccc(S(=O)(=O)NC(C)c2nncn2C)cc1. The summed E-state index contributed by atoms with van der Waals surface area (Å²) in [4.78, 5) is 0.221. The van der Waals surface area contributed by atoms with Crippen molar-refractivity contribution in [3.05, 3.63) is 36.4 Å². The van der Waals surface area contributed by atoms with Crippen LogP contribution in [0.15, 0.2) is 35.5 Å². The highest BCUT2D eigenvalue weighted by molar-refractivity contribution is 7.89. The molecular formula is C13H19N5O2S. The normalized spacial score (nSPS) is 13.1. The molecule has 0 radical (unpaired) electrons. The van der Waals surface area contributed by atoms with Crippen LogP contribution >= 0.6 is 0 Å². The number of benzene rings is 1. The number of rotatable bonds is 6. The Kier molecular flexibility index (Phi) is 4.59. The number of aryl methyl sites for hydroxylation is 1. The van der Waals surface area contributed by atoms with Gasteiger partial charge in [0.15, 0.2) is 0 Å². The van der Waals surface area contributed by atoms with Gasteiger partial charge in [0.05, 0.1) is 10.9 Å². The van der Waals surface area contributed by atoms with Crippen LogP contribution in [0.5, 0.6) is 0 Å². The Labute approximate surface area is 124 Å². The number of hydrogen-bond acceptors (Lipinski definition) is 5. The van der Waals surface area contributed by atoms with Gasteiger partial charge < -0.3 is 9.88 Å². The molecule has 2 aromatic rings. The molecule has 1 aromatic carbocycles. The van der Waals surface area contributed by atoms with Gasteiger partial charge in [0, 0.05) is 19.3 Å². The summed E-state index contributed by atoms with van der Waals surface area (Å²) in [5, 5.41) is 10.8. The third-order valence-electron chi connectivity index (χ3n) is 3.01. The molecule has 0 saturated heterocycles. The van der Waals surface area contributed by atoms with Gasteiger partial charge in [0.25, 0.3) is 0 Å². The van der Waals surface area contributed by atoms with Gasteiger partial charge in [-0.25, -0.2) is 13.1 Å². The second-order valence-electron chi connectivity index (χ2n) is 4.70. The summed E-state index contributed by atoms with van der Waals surface area (Å²) < 4.78 is 28.9. The van der Waals surface area contributed by atoms with Gasteiger partial charge in [-0.3, -0.25) is 0 Å². The molecule has 2 rings (SSSR count). The zero-order valence-electron chi connectivity index (χ0n) is 12.2. The molecule has 8 heteroatoms. The Bertz CT molecular complexity index is 694. The lowest BCUT2D eigenvalue weighted by Crippen LogP contribution is -2.28. The fourth-order valence-corrected chi connectivity index (χ4v) is 3.20. The van der Waals surface area contributed by atoms with Crippen LogP contribution in [-0.2, 0) is 17.1 Å². The first-order valence-electron chi connectivity index (χ1n) is 6.64. The van der Waals surface area contributed by atoms with E-state index in [9.17, 15) is 8.42 Å². The lowest BCUT2D eigenvalue weighted by Gasteiger charge is -2.13. The van der Waals surface area contributed by atoms with Crippen molar-refractivity contribution in [3.8, 4) is 0 Å². The van der Waals surface area contributed by atoms with Gasteiger partial charge in [-0.15, -0.1) is 10.2 Å². The van der Waals surface area contributed by atoms with E-state index in [1.54, 1.807) is 42.8 Å². The molecule has 0 bridgehead atoms. The maximum Gasteiger partial charge on any atom is 0.241 e. The lowest BCUT2D eigenvalue weighted by atomic mass is 10.3. The molecule has 0 amide bonds. The molecule has 114 valence electrons. The number of sulfonamides is 1. The first-order chi connectivity index (χ1) is 9.94. The predicted octanol–water partition coefficient (Wildman–Crippen LogP) is 1.29. The minimum Gasteiger partial charge on any atom is -0.385 e. The number of hydrogen-bond donors (Lipinski definition) is 2. The molecule has 0 aliphatic heterocycles. The van der Waals surface area contributed by atoms with Crippen molar-refractivity contribution in [3.63, 3.8) is 0 Å². The smallest absolute Gasteiger partial charge is 0.241 e. The average molecular weight is 309 g/mol. The van der Waals surface area contributed by atoms with Gasteiger partial charge in [-0.2, -0.15) is 0 Å². The molecule has 2 N–H and O–H groups in total.